The molecule has 0 saturated carbocycles. The van der Waals surface area contributed by atoms with Crippen molar-refractivity contribution >= 4 is 47.4 Å². The normalized spacial score (nSPS) is 9.94. The van der Waals surface area contributed by atoms with E-state index in [9.17, 15) is 0 Å². The Kier molecular flexibility index (Phi) is 6.33. The predicted molar refractivity (Wildman–Crippen MR) is 82.2 cm³/mol. The van der Waals surface area contributed by atoms with Gasteiger partial charge < -0.3 is 5.73 Å². The summed E-state index contributed by atoms with van der Waals surface area (Å²) in [6.45, 7) is 0.506. The summed E-state index contributed by atoms with van der Waals surface area (Å²) in [7, 11) is 0. The summed E-state index contributed by atoms with van der Waals surface area (Å²) in [5.41, 5.74) is 6.60. The van der Waals surface area contributed by atoms with Crippen LogP contribution in [0.1, 0.15) is 5.56 Å². The number of nitrogens with two attached hydrogens (primary N) is 1. The molecule has 2 aromatic rings. The molecule has 0 heterocycles. The van der Waals surface area contributed by atoms with Gasteiger partial charge in [0.15, 0.2) is 0 Å². The maximum Gasteiger partial charge on any atom is 0.0548 e. The lowest BCUT2D eigenvalue weighted by molar-refractivity contribution is 1.07. The average molecular weight is 321 g/mol. The minimum Gasteiger partial charge on any atom is -0.326 e. The molecule has 0 aromatic heterocycles. The lowest BCUT2D eigenvalue weighted by Gasteiger charge is -2.06. The molecule has 2 N–H and O–H groups in total. The van der Waals surface area contributed by atoms with Crippen molar-refractivity contribution in [1.29, 1.82) is 0 Å². The average Bonchev–Trinajstić information content (AvgIpc) is 2.34. The molecule has 96 valence electrons. The predicted octanol–water partition coefficient (Wildman–Crippen LogP) is 5.03. The van der Waals surface area contributed by atoms with Gasteiger partial charge in [-0.05, 0) is 42.0 Å². The van der Waals surface area contributed by atoms with Gasteiger partial charge in [-0.2, -0.15) is 0 Å². The van der Waals surface area contributed by atoms with Crippen LogP contribution < -0.4 is 5.73 Å². The van der Waals surface area contributed by atoms with Crippen LogP contribution >= 0.6 is 47.4 Å². The SMILES string of the molecule is Cl.NCc1ccc(Sc2ccc(Cl)cc2)c(Cl)c1. The van der Waals surface area contributed by atoms with Crippen molar-refractivity contribution in [1.82, 2.24) is 0 Å². The number of hydrogen-bond acceptors (Lipinski definition) is 2. The van der Waals surface area contributed by atoms with Crippen LogP contribution in [0.2, 0.25) is 10.0 Å². The minimum absolute atomic E-state index is 0. The number of hydrogen-bond donors (Lipinski definition) is 1. The Morgan fingerprint density at radius 1 is 1.00 bits per heavy atom. The first kappa shape index (κ1) is 15.7. The molecule has 0 bridgehead atoms. The van der Waals surface area contributed by atoms with Crippen LogP contribution in [0.5, 0.6) is 0 Å². The monoisotopic (exact) mass is 319 g/mol. The van der Waals surface area contributed by atoms with Crippen molar-refractivity contribution in [2.24, 2.45) is 5.73 Å². The van der Waals surface area contributed by atoms with Gasteiger partial charge in [-0.25, -0.2) is 0 Å². The van der Waals surface area contributed by atoms with Crippen LogP contribution in [-0.4, -0.2) is 0 Å². The molecule has 0 fully saturated rings. The molecule has 0 atom stereocenters. The summed E-state index contributed by atoms with van der Waals surface area (Å²) >= 11 is 13.6. The van der Waals surface area contributed by atoms with Gasteiger partial charge in [0.25, 0.3) is 0 Å². The van der Waals surface area contributed by atoms with Crippen LogP contribution in [0.15, 0.2) is 52.3 Å². The van der Waals surface area contributed by atoms with E-state index in [1.165, 1.54) is 0 Å². The first-order chi connectivity index (χ1) is 8.19. The Hall–Kier alpha value is -0.380. The van der Waals surface area contributed by atoms with Crippen LogP contribution in [0.3, 0.4) is 0 Å². The molecule has 5 heteroatoms. The highest BCUT2D eigenvalue weighted by molar-refractivity contribution is 7.99. The first-order valence-electron chi connectivity index (χ1n) is 5.11. The summed E-state index contributed by atoms with van der Waals surface area (Å²) < 4.78 is 0. The number of benzene rings is 2. The van der Waals surface area contributed by atoms with Crippen molar-refractivity contribution < 1.29 is 0 Å². The Morgan fingerprint density at radius 2 is 1.67 bits per heavy atom. The molecule has 0 unspecified atom stereocenters. The van der Waals surface area contributed by atoms with E-state index in [0.29, 0.717) is 6.54 Å². The maximum absolute atomic E-state index is 6.19. The van der Waals surface area contributed by atoms with Gasteiger partial charge >= 0.3 is 0 Å². The third-order valence-electron chi connectivity index (χ3n) is 2.27. The van der Waals surface area contributed by atoms with E-state index in [1.807, 2.05) is 42.5 Å². The summed E-state index contributed by atoms with van der Waals surface area (Å²) in [5, 5.41) is 1.46. The van der Waals surface area contributed by atoms with E-state index in [4.69, 9.17) is 28.9 Å². The molecule has 0 aliphatic rings. The summed E-state index contributed by atoms with van der Waals surface area (Å²) in [6.07, 6.45) is 0. The maximum atomic E-state index is 6.19. The topological polar surface area (TPSA) is 26.0 Å². The molecule has 1 nitrogen and oxygen atoms in total. The first-order valence-corrected chi connectivity index (χ1v) is 6.68. The smallest absolute Gasteiger partial charge is 0.0548 e. The van der Waals surface area contributed by atoms with E-state index < -0.39 is 0 Å². The second-order valence-corrected chi connectivity index (χ2v) is 5.48. The third-order valence-corrected chi connectivity index (χ3v) is 4.03. The molecule has 0 spiro atoms. The van der Waals surface area contributed by atoms with Crippen molar-refractivity contribution in [3.63, 3.8) is 0 Å². The lowest BCUT2D eigenvalue weighted by atomic mass is 10.2. The zero-order valence-corrected chi connectivity index (χ0v) is 12.5. The second-order valence-electron chi connectivity index (χ2n) is 3.52. The summed E-state index contributed by atoms with van der Waals surface area (Å²) in [6, 6.07) is 13.6. The van der Waals surface area contributed by atoms with Gasteiger partial charge in [0.05, 0.1) is 5.02 Å². The fourth-order valence-corrected chi connectivity index (χ4v) is 2.65. The Labute approximate surface area is 127 Å². The molecule has 0 aliphatic carbocycles. The molecule has 0 radical (unpaired) electrons. The van der Waals surface area contributed by atoms with Gasteiger partial charge in [-0.3, -0.25) is 0 Å². The Morgan fingerprint density at radius 3 is 2.22 bits per heavy atom. The van der Waals surface area contributed by atoms with Crippen molar-refractivity contribution in [2.75, 3.05) is 0 Å². The van der Waals surface area contributed by atoms with Crippen LogP contribution in [0.4, 0.5) is 0 Å². The van der Waals surface area contributed by atoms with Crippen LogP contribution in [0, 0.1) is 0 Å². The highest BCUT2D eigenvalue weighted by Gasteiger charge is 2.03. The fraction of sp³-hybridized carbons (Fsp3) is 0.0769. The van der Waals surface area contributed by atoms with Gasteiger partial charge in [0.1, 0.15) is 0 Å². The standard InChI is InChI=1S/C13H11Cl2NS.ClH/c14-10-2-4-11(5-3-10)17-13-6-1-9(8-16)7-12(13)15;/h1-7H,8,16H2;1H. The summed E-state index contributed by atoms with van der Waals surface area (Å²) in [5.74, 6) is 0. The van der Waals surface area contributed by atoms with Gasteiger partial charge in [-0.15, -0.1) is 12.4 Å². The van der Waals surface area contributed by atoms with Crippen molar-refractivity contribution in [3.05, 3.63) is 58.1 Å². The third kappa shape index (κ3) is 4.08. The molecular weight excluding hydrogens is 309 g/mol. The highest BCUT2D eigenvalue weighted by atomic mass is 35.5. The minimum atomic E-state index is 0. The molecule has 18 heavy (non-hydrogen) atoms. The molecule has 2 rings (SSSR count). The largest absolute Gasteiger partial charge is 0.326 e. The molecule has 2 aromatic carbocycles. The zero-order chi connectivity index (χ0) is 12.3. The Bertz CT molecular complexity index is 514. The molecular formula is C13H12Cl3NS. The number of halogens is 3. The molecule has 0 aliphatic heterocycles. The highest BCUT2D eigenvalue weighted by Crippen LogP contribution is 2.34. The quantitative estimate of drug-likeness (QED) is 0.859. The van der Waals surface area contributed by atoms with E-state index in [1.54, 1.807) is 11.8 Å². The lowest BCUT2D eigenvalue weighted by Crippen LogP contribution is -1.95. The van der Waals surface area contributed by atoms with Crippen LogP contribution in [0.25, 0.3) is 0 Å². The molecule has 0 amide bonds. The zero-order valence-electron chi connectivity index (χ0n) is 9.40. The van der Waals surface area contributed by atoms with Crippen molar-refractivity contribution in [3.8, 4) is 0 Å². The van der Waals surface area contributed by atoms with Gasteiger partial charge in [0, 0.05) is 21.4 Å². The van der Waals surface area contributed by atoms with E-state index in [0.717, 1.165) is 25.4 Å². The van der Waals surface area contributed by atoms with Crippen molar-refractivity contribution in [2.45, 2.75) is 16.3 Å². The van der Waals surface area contributed by atoms with E-state index in [2.05, 4.69) is 0 Å². The van der Waals surface area contributed by atoms with E-state index >= 15 is 0 Å². The van der Waals surface area contributed by atoms with Crippen LogP contribution in [-0.2, 0) is 6.54 Å². The van der Waals surface area contributed by atoms with Gasteiger partial charge in [0.2, 0.25) is 0 Å². The second kappa shape index (κ2) is 7.27. The van der Waals surface area contributed by atoms with Gasteiger partial charge in [-0.1, -0.05) is 41.0 Å². The summed E-state index contributed by atoms with van der Waals surface area (Å²) in [4.78, 5) is 2.13. The number of rotatable bonds is 3. The van der Waals surface area contributed by atoms with E-state index in [-0.39, 0.29) is 12.4 Å². The fourth-order valence-electron chi connectivity index (χ4n) is 1.38. The molecule has 0 saturated heterocycles. The Balaban J connectivity index is 0.00000162.